The topological polar surface area (TPSA) is 165 Å². The van der Waals surface area contributed by atoms with E-state index in [0.29, 0.717) is 23.2 Å². The van der Waals surface area contributed by atoms with Crippen LogP contribution in [0.3, 0.4) is 0 Å². The van der Waals surface area contributed by atoms with Gasteiger partial charge in [0, 0.05) is 56.7 Å². The first-order valence-electron chi connectivity index (χ1n) is 23.2. The highest BCUT2D eigenvalue weighted by Crippen LogP contribution is 2.54. The number of anilines is 2. The van der Waals surface area contributed by atoms with Crippen molar-refractivity contribution in [3.05, 3.63) is 165 Å². The summed E-state index contributed by atoms with van der Waals surface area (Å²) in [6.45, 7) is 19.8. The van der Waals surface area contributed by atoms with Crippen LogP contribution in [0.1, 0.15) is 107 Å². The molecular formula is C54H53F6N3O8S3. The van der Waals surface area contributed by atoms with Crippen molar-refractivity contribution in [2.24, 2.45) is 0 Å². The van der Waals surface area contributed by atoms with E-state index in [9.17, 15) is 25.3 Å². The number of nitrogens with one attached hydrogen (secondary N) is 2. The average molecular weight is 1080 g/mol. The van der Waals surface area contributed by atoms with Crippen LogP contribution in [-0.4, -0.2) is 41.7 Å². The second-order valence-electron chi connectivity index (χ2n) is 18.8. The van der Waals surface area contributed by atoms with Gasteiger partial charge in [0.25, 0.3) is 0 Å². The Morgan fingerprint density at radius 2 is 1.19 bits per heavy atom. The van der Waals surface area contributed by atoms with E-state index in [0.717, 1.165) is 57.9 Å². The SMILES string of the molecule is C=Cc1ccc(OS(=O)(=O)C(F)(F)C(F)(F)C(F)(F)S(=O)(=O)[N-]S(=O)(=O)c2ccccc2-c2c3ccc(=[NH+]c4c(C(C)C)cccc4C(C)C)cc-3oc3cc(Nc4c(C(C)C)cccc4C(C)C)ccc23)cc1. The Morgan fingerprint density at radius 1 is 0.635 bits per heavy atom. The van der Waals surface area contributed by atoms with Gasteiger partial charge in [0.15, 0.2) is 10.0 Å². The summed E-state index contributed by atoms with van der Waals surface area (Å²) in [5.41, 5.74) is 6.53. The predicted octanol–water partition coefficient (Wildman–Crippen LogP) is 13.0. The molecule has 7 rings (SSSR count). The van der Waals surface area contributed by atoms with Crippen LogP contribution >= 0.6 is 0 Å². The number of halogens is 6. The fourth-order valence-corrected chi connectivity index (χ4v) is 12.3. The molecule has 0 fully saturated rings. The first-order valence-corrected chi connectivity index (χ1v) is 27.5. The maximum atomic E-state index is 15.7. The lowest BCUT2D eigenvalue weighted by molar-refractivity contribution is -0.404. The second-order valence-corrected chi connectivity index (χ2v) is 23.9. The Balaban J connectivity index is 1.40. The molecule has 0 amide bonds. The fraction of sp³-hybridized carbons (Fsp3) is 0.278. The van der Waals surface area contributed by atoms with E-state index in [1.807, 2.05) is 91.8 Å². The Labute approximate surface area is 426 Å². The van der Waals surface area contributed by atoms with Gasteiger partial charge in [-0.1, -0.05) is 135 Å². The van der Waals surface area contributed by atoms with Crippen LogP contribution in [0.5, 0.6) is 5.75 Å². The van der Waals surface area contributed by atoms with Crippen molar-refractivity contribution in [1.82, 2.24) is 0 Å². The van der Waals surface area contributed by atoms with E-state index in [2.05, 4.69) is 25.2 Å². The summed E-state index contributed by atoms with van der Waals surface area (Å²) in [5.74, 6) is -7.89. The minimum absolute atomic E-state index is 0.0232. The molecule has 2 N–H and O–H groups in total. The van der Waals surface area contributed by atoms with Gasteiger partial charge in [-0.05, 0) is 76.8 Å². The molecule has 1 heterocycles. The molecule has 0 saturated heterocycles. The van der Waals surface area contributed by atoms with Crippen molar-refractivity contribution in [2.45, 2.75) is 100 Å². The Kier molecular flexibility index (Phi) is 15.2. The highest BCUT2D eigenvalue weighted by atomic mass is 32.3. The van der Waals surface area contributed by atoms with E-state index < -0.39 is 62.8 Å². The van der Waals surface area contributed by atoms with Gasteiger partial charge in [0.2, 0.25) is 11.0 Å². The van der Waals surface area contributed by atoms with Gasteiger partial charge in [-0.2, -0.15) is 34.8 Å². The van der Waals surface area contributed by atoms with E-state index in [4.69, 9.17) is 4.42 Å². The van der Waals surface area contributed by atoms with Crippen LogP contribution in [-0.2, 0) is 30.2 Å². The van der Waals surface area contributed by atoms with Gasteiger partial charge in [-0.3, -0.25) is 0 Å². The number of para-hydroxylation sites is 2. The van der Waals surface area contributed by atoms with Crippen molar-refractivity contribution in [3.8, 4) is 28.2 Å². The number of alkyl halides is 6. The zero-order valence-electron chi connectivity index (χ0n) is 41.3. The minimum atomic E-state index is -7.63. The second kappa shape index (κ2) is 20.3. The third-order valence-corrected chi connectivity index (χ3v) is 17.0. The average Bonchev–Trinajstić information content (AvgIpc) is 3.32. The highest BCUT2D eigenvalue weighted by molar-refractivity contribution is 8.12. The molecule has 1 aliphatic heterocycles. The molecule has 5 aromatic carbocycles. The highest BCUT2D eigenvalue weighted by Gasteiger charge is 2.81. The Bertz CT molecular complexity index is 3620. The molecule has 392 valence electrons. The number of hydrogen-bond donors (Lipinski definition) is 2. The normalized spacial score (nSPS) is 13.5. The monoisotopic (exact) mass is 1080 g/mol. The van der Waals surface area contributed by atoms with Gasteiger partial charge >= 0.3 is 26.5 Å². The summed E-state index contributed by atoms with van der Waals surface area (Å²) in [4.78, 5) is 2.39. The first-order chi connectivity index (χ1) is 34.5. The number of nitrogens with zero attached hydrogens (tertiary/aromatic N) is 1. The molecule has 0 atom stereocenters. The predicted molar refractivity (Wildman–Crippen MR) is 275 cm³/mol. The van der Waals surface area contributed by atoms with Crippen molar-refractivity contribution >= 4 is 64.3 Å². The van der Waals surface area contributed by atoms with Crippen molar-refractivity contribution in [2.75, 3.05) is 5.32 Å². The lowest BCUT2D eigenvalue weighted by atomic mass is 9.92. The van der Waals surface area contributed by atoms with Crippen LogP contribution in [0.2, 0.25) is 0 Å². The lowest BCUT2D eigenvalue weighted by Crippen LogP contribution is -2.71. The maximum absolute atomic E-state index is 15.7. The van der Waals surface area contributed by atoms with Crippen LogP contribution in [0, 0.1) is 0 Å². The molecule has 0 saturated carbocycles. The molecular weight excluding hydrogens is 1030 g/mol. The summed E-state index contributed by atoms with van der Waals surface area (Å²) in [6.07, 6.45) is 1.23. The van der Waals surface area contributed by atoms with Crippen LogP contribution in [0.4, 0.5) is 43.4 Å². The van der Waals surface area contributed by atoms with Crippen LogP contribution in [0.15, 0.2) is 137 Å². The molecule has 1 aliphatic carbocycles. The van der Waals surface area contributed by atoms with E-state index >= 15 is 26.3 Å². The van der Waals surface area contributed by atoms with Gasteiger partial charge in [-0.15, -0.1) is 0 Å². The van der Waals surface area contributed by atoms with Crippen molar-refractivity contribution < 1.29 is 65.2 Å². The summed E-state index contributed by atoms with van der Waals surface area (Å²) in [7, 11) is -20.9. The van der Waals surface area contributed by atoms with E-state index in [1.54, 1.807) is 36.4 Å². The van der Waals surface area contributed by atoms with Crippen molar-refractivity contribution in [1.29, 1.82) is 0 Å². The maximum Gasteiger partial charge on any atom is 0.450 e. The van der Waals surface area contributed by atoms with E-state index in [-0.39, 0.29) is 57.1 Å². The molecule has 0 aromatic heterocycles. The number of hydrogen-bond acceptors (Lipinski definition) is 9. The minimum Gasteiger partial charge on any atom is -0.456 e. The number of benzene rings is 6. The fourth-order valence-electron chi connectivity index (χ4n) is 8.46. The van der Waals surface area contributed by atoms with Gasteiger partial charge in [0.05, 0.1) is 11.0 Å². The molecule has 0 unspecified atom stereocenters. The van der Waals surface area contributed by atoms with Gasteiger partial charge in [0.1, 0.15) is 27.1 Å². The molecule has 0 spiro atoms. The number of rotatable bonds is 18. The molecule has 0 bridgehead atoms. The first kappa shape index (κ1) is 55.3. The summed E-state index contributed by atoms with van der Waals surface area (Å²) in [6, 6.07) is 29.6. The Morgan fingerprint density at radius 3 is 1.74 bits per heavy atom. The third-order valence-electron chi connectivity index (χ3n) is 12.3. The van der Waals surface area contributed by atoms with Gasteiger partial charge < -0.3 is 18.0 Å². The van der Waals surface area contributed by atoms with Crippen LogP contribution in [0.25, 0.3) is 43.6 Å². The summed E-state index contributed by atoms with van der Waals surface area (Å²) >= 11 is 0. The Hall–Kier alpha value is -6.48. The van der Waals surface area contributed by atoms with Crippen LogP contribution < -0.4 is 19.8 Å². The molecule has 2 aliphatic rings. The molecule has 20 heteroatoms. The quantitative estimate of drug-likeness (QED) is 0.0483. The number of sulfonamides is 2. The number of fused-ring (bicyclic) bond motifs is 2. The third kappa shape index (κ3) is 10.2. The molecule has 11 nitrogen and oxygen atoms in total. The lowest BCUT2D eigenvalue weighted by Gasteiger charge is -2.35. The molecule has 74 heavy (non-hydrogen) atoms. The van der Waals surface area contributed by atoms with Crippen molar-refractivity contribution in [3.63, 3.8) is 0 Å². The zero-order chi connectivity index (χ0) is 54.5. The molecule has 5 aromatic rings. The summed E-state index contributed by atoms with van der Waals surface area (Å²) < 4.78 is 185. The van der Waals surface area contributed by atoms with Gasteiger partial charge in [-0.25, -0.2) is 21.8 Å². The zero-order valence-corrected chi connectivity index (χ0v) is 43.8. The largest absolute Gasteiger partial charge is 0.456 e. The molecule has 0 radical (unpaired) electrons. The standard InChI is InChI=1S/C54H52F6N3O8S3/c1-10-35-21-25-38(26-22-35)71-74(68,69)54(59,60)52(55,56)53(57,58)73(66,67)63-72(64,65)48-20-12-11-15-45(48)49-43-27-23-36(61-50-39(31(2)3)16-13-17-40(50)32(4)5)29-46(43)70-47-30-37(24-28-44(47)49)62-51-41(33(6)7)18-14-19-42(51)34(8)9/h10-34,61H,1H2,2-9H3/q-1/p+1. The summed E-state index contributed by atoms with van der Waals surface area (Å²) in [5, 5.41) is -9.95. The smallest absolute Gasteiger partial charge is 0.450 e. The van der Waals surface area contributed by atoms with E-state index in [1.165, 1.54) is 18.2 Å².